The number of aromatic nitrogens is 2. The van der Waals surface area contributed by atoms with Crippen LogP contribution in [0.3, 0.4) is 0 Å². The van der Waals surface area contributed by atoms with Crippen molar-refractivity contribution in [2.24, 2.45) is 0 Å². The van der Waals surface area contributed by atoms with E-state index in [4.69, 9.17) is 0 Å². The van der Waals surface area contributed by atoms with Crippen molar-refractivity contribution in [2.45, 2.75) is 12.8 Å². The molecule has 1 heterocycles. The van der Waals surface area contributed by atoms with Crippen molar-refractivity contribution in [2.75, 3.05) is 25.0 Å². The average molecular weight is 348 g/mol. The zero-order valence-electron chi connectivity index (χ0n) is 15.0. The number of amides is 1. The predicted octanol–water partition coefficient (Wildman–Crippen LogP) is 3.06. The lowest BCUT2D eigenvalue weighted by atomic mass is 10.2. The summed E-state index contributed by atoms with van der Waals surface area (Å²) in [4.78, 5) is 14.3. The molecule has 3 aromatic rings. The molecule has 1 aromatic heterocycles. The van der Waals surface area contributed by atoms with E-state index in [0.717, 1.165) is 24.2 Å². The fraction of sp³-hybridized carbons (Fsp3) is 0.238. The summed E-state index contributed by atoms with van der Waals surface area (Å²) in [5.41, 5.74) is 3.09. The lowest BCUT2D eigenvalue weighted by Gasteiger charge is -2.19. The molecule has 0 saturated carbocycles. The first-order valence-corrected chi connectivity index (χ1v) is 8.84. The molecule has 0 aliphatic heterocycles. The summed E-state index contributed by atoms with van der Waals surface area (Å²) in [5, 5.41) is 7.31. The molecule has 0 unspecified atom stereocenters. The minimum Gasteiger partial charge on any atom is -0.375 e. The number of carbonyl (C=O) groups excluding carboxylic acids is 1. The Kier molecular flexibility index (Phi) is 6.04. The second-order valence-electron chi connectivity index (χ2n) is 6.27. The van der Waals surface area contributed by atoms with Gasteiger partial charge in [0, 0.05) is 32.0 Å². The van der Waals surface area contributed by atoms with Crippen LogP contribution in [0.15, 0.2) is 73.1 Å². The Hall–Kier alpha value is -3.08. The van der Waals surface area contributed by atoms with Gasteiger partial charge in [-0.2, -0.15) is 5.10 Å². The lowest BCUT2D eigenvalue weighted by molar-refractivity contribution is -0.120. The molecule has 0 atom stereocenters. The number of anilines is 1. The van der Waals surface area contributed by atoms with Gasteiger partial charge < -0.3 is 10.2 Å². The molecule has 0 fully saturated rings. The maximum absolute atomic E-state index is 12.1. The zero-order valence-corrected chi connectivity index (χ0v) is 15.0. The first-order chi connectivity index (χ1) is 12.7. The van der Waals surface area contributed by atoms with Crippen LogP contribution in [0.1, 0.15) is 12.0 Å². The third-order valence-corrected chi connectivity index (χ3v) is 4.21. The lowest BCUT2D eigenvalue weighted by Crippen LogP contribution is -2.29. The molecule has 0 spiro atoms. The summed E-state index contributed by atoms with van der Waals surface area (Å²) < 4.78 is 1.79. The molecule has 0 aliphatic rings. The van der Waals surface area contributed by atoms with E-state index in [1.54, 1.807) is 10.9 Å². The quantitative estimate of drug-likeness (QED) is 0.637. The van der Waals surface area contributed by atoms with Crippen molar-refractivity contribution in [1.82, 2.24) is 15.1 Å². The Morgan fingerprint density at radius 1 is 1.08 bits per heavy atom. The van der Waals surface area contributed by atoms with E-state index in [0.29, 0.717) is 13.0 Å². The van der Waals surface area contributed by atoms with Gasteiger partial charge in [-0.1, -0.05) is 36.4 Å². The largest absolute Gasteiger partial charge is 0.375 e. The van der Waals surface area contributed by atoms with Crippen LogP contribution in [-0.4, -0.2) is 35.8 Å². The summed E-state index contributed by atoms with van der Waals surface area (Å²) in [6.45, 7) is 1.57. The van der Waals surface area contributed by atoms with Gasteiger partial charge in [0.25, 0.3) is 0 Å². The molecule has 1 N–H and O–H groups in total. The van der Waals surface area contributed by atoms with Crippen LogP contribution < -0.4 is 10.2 Å². The Morgan fingerprint density at radius 3 is 2.50 bits per heavy atom. The van der Waals surface area contributed by atoms with Gasteiger partial charge in [0.1, 0.15) is 0 Å². The third kappa shape index (κ3) is 4.96. The van der Waals surface area contributed by atoms with Crippen LogP contribution >= 0.6 is 0 Å². The zero-order chi connectivity index (χ0) is 18.2. The van der Waals surface area contributed by atoms with Gasteiger partial charge in [0.15, 0.2) is 0 Å². The van der Waals surface area contributed by atoms with Gasteiger partial charge in [-0.25, -0.2) is 4.68 Å². The van der Waals surface area contributed by atoms with Crippen LogP contribution in [0.5, 0.6) is 0 Å². The highest BCUT2D eigenvalue weighted by atomic mass is 16.1. The number of nitrogens with zero attached hydrogens (tertiary/aromatic N) is 3. The van der Waals surface area contributed by atoms with Crippen molar-refractivity contribution in [3.63, 3.8) is 0 Å². The van der Waals surface area contributed by atoms with E-state index < -0.39 is 0 Å². The molecule has 0 saturated heterocycles. The first kappa shape index (κ1) is 17.7. The van der Waals surface area contributed by atoms with E-state index in [9.17, 15) is 4.79 Å². The van der Waals surface area contributed by atoms with Gasteiger partial charge in [0.2, 0.25) is 5.91 Å². The molecule has 134 valence electrons. The number of hydrogen-bond acceptors (Lipinski definition) is 3. The van der Waals surface area contributed by atoms with Gasteiger partial charge in [-0.05, 0) is 36.2 Å². The Bertz CT molecular complexity index is 814. The van der Waals surface area contributed by atoms with Crippen molar-refractivity contribution >= 4 is 11.6 Å². The topological polar surface area (TPSA) is 50.2 Å². The van der Waals surface area contributed by atoms with Gasteiger partial charge >= 0.3 is 0 Å². The Morgan fingerprint density at radius 2 is 1.77 bits per heavy atom. The Balaban J connectivity index is 1.40. The first-order valence-electron chi connectivity index (χ1n) is 8.84. The second kappa shape index (κ2) is 8.85. The number of para-hydroxylation sites is 2. The maximum Gasteiger partial charge on any atom is 0.224 e. The van der Waals surface area contributed by atoms with Gasteiger partial charge in [-0.15, -0.1) is 0 Å². The van der Waals surface area contributed by atoms with Crippen LogP contribution in [0.25, 0.3) is 5.69 Å². The fourth-order valence-corrected chi connectivity index (χ4v) is 2.78. The molecule has 2 aromatic carbocycles. The molecule has 3 rings (SSSR count). The molecule has 0 radical (unpaired) electrons. The van der Waals surface area contributed by atoms with Crippen LogP contribution in [0.2, 0.25) is 0 Å². The highest BCUT2D eigenvalue weighted by Crippen LogP contribution is 2.11. The monoisotopic (exact) mass is 348 g/mol. The van der Waals surface area contributed by atoms with E-state index in [2.05, 4.69) is 34.5 Å². The molecule has 5 heteroatoms. The molecule has 0 bridgehead atoms. The molecule has 26 heavy (non-hydrogen) atoms. The standard InChI is InChI=1S/C21H24N4O/c1-24(19-9-4-2-5-10-19)14-8-13-22-21(26)15-18-16-23-25(17-18)20-11-6-3-7-12-20/h2-7,9-12,16-17H,8,13-15H2,1H3,(H,22,26). The minimum absolute atomic E-state index is 0.0278. The van der Waals surface area contributed by atoms with Crippen LogP contribution in [-0.2, 0) is 11.2 Å². The number of carbonyl (C=O) groups is 1. The summed E-state index contributed by atoms with van der Waals surface area (Å²) >= 11 is 0. The van der Waals surface area contributed by atoms with Crippen LogP contribution in [0, 0.1) is 0 Å². The number of benzene rings is 2. The molecule has 5 nitrogen and oxygen atoms in total. The minimum atomic E-state index is 0.0278. The highest BCUT2D eigenvalue weighted by molar-refractivity contribution is 5.78. The summed E-state index contributed by atoms with van der Waals surface area (Å²) in [5.74, 6) is 0.0278. The molecule has 0 aliphatic carbocycles. The average Bonchev–Trinajstić information content (AvgIpc) is 3.15. The SMILES string of the molecule is CN(CCCNC(=O)Cc1cnn(-c2ccccc2)c1)c1ccccc1. The highest BCUT2D eigenvalue weighted by Gasteiger charge is 2.07. The van der Waals surface area contributed by atoms with E-state index in [-0.39, 0.29) is 5.91 Å². The number of rotatable bonds is 8. The second-order valence-corrected chi connectivity index (χ2v) is 6.27. The van der Waals surface area contributed by atoms with Crippen molar-refractivity contribution in [3.05, 3.63) is 78.6 Å². The summed E-state index contributed by atoms with van der Waals surface area (Å²) in [6, 6.07) is 20.1. The number of hydrogen-bond donors (Lipinski definition) is 1. The summed E-state index contributed by atoms with van der Waals surface area (Å²) in [7, 11) is 2.06. The predicted molar refractivity (Wildman–Crippen MR) is 105 cm³/mol. The van der Waals surface area contributed by atoms with Crippen LogP contribution in [0.4, 0.5) is 5.69 Å². The Labute approximate surface area is 154 Å². The molecular formula is C21H24N4O. The normalized spacial score (nSPS) is 10.5. The smallest absolute Gasteiger partial charge is 0.224 e. The van der Waals surface area contributed by atoms with Gasteiger partial charge in [0.05, 0.1) is 18.3 Å². The molecular weight excluding hydrogens is 324 g/mol. The third-order valence-electron chi connectivity index (χ3n) is 4.21. The van der Waals surface area contributed by atoms with Crippen molar-refractivity contribution in [1.29, 1.82) is 0 Å². The van der Waals surface area contributed by atoms with Crippen molar-refractivity contribution in [3.8, 4) is 5.69 Å². The van der Waals surface area contributed by atoms with Gasteiger partial charge in [-0.3, -0.25) is 4.79 Å². The number of nitrogens with one attached hydrogen (secondary N) is 1. The van der Waals surface area contributed by atoms with E-state index >= 15 is 0 Å². The molecule has 1 amide bonds. The maximum atomic E-state index is 12.1. The van der Waals surface area contributed by atoms with E-state index in [1.807, 2.05) is 54.7 Å². The van der Waals surface area contributed by atoms with Crippen molar-refractivity contribution < 1.29 is 4.79 Å². The van der Waals surface area contributed by atoms with E-state index in [1.165, 1.54) is 5.69 Å². The summed E-state index contributed by atoms with van der Waals surface area (Å²) in [6.07, 6.45) is 4.90. The fourth-order valence-electron chi connectivity index (χ4n) is 2.78.